The van der Waals surface area contributed by atoms with Gasteiger partial charge >= 0.3 is 0 Å². The van der Waals surface area contributed by atoms with Crippen LogP contribution in [0.3, 0.4) is 0 Å². The van der Waals surface area contributed by atoms with Crippen LogP contribution in [-0.2, 0) is 14.8 Å². The van der Waals surface area contributed by atoms with Crippen molar-refractivity contribution in [3.05, 3.63) is 54.1 Å². The van der Waals surface area contributed by atoms with Gasteiger partial charge in [0.2, 0.25) is 10.0 Å². The highest BCUT2D eigenvalue weighted by atomic mass is 32.2. The first-order valence-corrected chi connectivity index (χ1v) is 11.1. The summed E-state index contributed by atoms with van der Waals surface area (Å²) in [5, 5.41) is 0. The summed E-state index contributed by atoms with van der Waals surface area (Å²) in [4.78, 5) is 4.53. The van der Waals surface area contributed by atoms with Crippen molar-refractivity contribution in [1.29, 1.82) is 0 Å². The van der Waals surface area contributed by atoms with E-state index in [0.29, 0.717) is 19.0 Å². The average Bonchev–Trinajstić information content (AvgIpc) is 2.75. The van der Waals surface area contributed by atoms with Crippen molar-refractivity contribution in [2.75, 3.05) is 59.0 Å². The Morgan fingerprint density at radius 2 is 1.69 bits per heavy atom. The van der Waals surface area contributed by atoms with E-state index in [2.05, 4.69) is 33.9 Å². The molecule has 1 N–H and O–H groups in total. The highest BCUT2D eigenvalue weighted by Gasteiger charge is 2.25. The van der Waals surface area contributed by atoms with Crippen LogP contribution in [0.2, 0.25) is 0 Å². The van der Waals surface area contributed by atoms with E-state index in [9.17, 15) is 8.42 Å². The molecule has 0 saturated carbocycles. The van der Waals surface area contributed by atoms with Crippen molar-refractivity contribution >= 4 is 15.7 Å². The molecule has 8 heteroatoms. The van der Waals surface area contributed by atoms with Gasteiger partial charge in [-0.05, 0) is 42.0 Å². The zero-order chi connectivity index (χ0) is 20.9. The maximum Gasteiger partial charge on any atom is 0.240 e. The molecule has 0 bridgehead atoms. The second-order valence-electron chi connectivity index (χ2n) is 7.18. The number of sulfonamides is 1. The van der Waals surface area contributed by atoms with E-state index in [1.54, 1.807) is 31.4 Å². The van der Waals surface area contributed by atoms with Crippen molar-refractivity contribution in [2.45, 2.75) is 10.9 Å². The Bertz CT molecular complexity index is 877. The quantitative estimate of drug-likeness (QED) is 0.707. The van der Waals surface area contributed by atoms with Gasteiger partial charge < -0.3 is 14.4 Å². The molecule has 0 unspecified atom stereocenters. The molecule has 1 atom stereocenters. The smallest absolute Gasteiger partial charge is 0.240 e. The van der Waals surface area contributed by atoms with Crippen molar-refractivity contribution in [1.82, 2.24) is 9.62 Å². The number of hydrogen-bond donors (Lipinski definition) is 1. The van der Waals surface area contributed by atoms with Gasteiger partial charge in [0, 0.05) is 45.5 Å². The van der Waals surface area contributed by atoms with Gasteiger partial charge in [0.1, 0.15) is 5.75 Å². The number of hydrogen-bond acceptors (Lipinski definition) is 6. The fourth-order valence-corrected chi connectivity index (χ4v) is 4.41. The summed E-state index contributed by atoms with van der Waals surface area (Å²) in [6.45, 7) is 3.12. The van der Waals surface area contributed by atoms with Gasteiger partial charge in [0.25, 0.3) is 0 Å². The number of ether oxygens (including phenoxy) is 2. The minimum absolute atomic E-state index is 0.0665. The molecule has 0 aromatic heterocycles. The normalized spacial score (nSPS) is 16.4. The standard InChI is InChI=1S/C21H29N3O4S/c1-23(2)18-6-4-17(5-7-18)21(24-12-14-28-15-13-24)16-22-29(25,26)20-10-8-19(27-3)9-11-20/h4-11,21-22H,12-16H2,1-3H3/t21-/m0/s1. The number of benzene rings is 2. The lowest BCUT2D eigenvalue weighted by Crippen LogP contribution is -2.43. The van der Waals surface area contributed by atoms with Crippen LogP contribution in [0.4, 0.5) is 5.69 Å². The molecule has 3 rings (SSSR count). The lowest BCUT2D eigenvalue weighted by molar-refractivity contribution is 0.0172. The molecule has 1 saturated heterocycles. The second-order valence-corrected chi connectivity index (χ2v) is 8.94. The summed E-state index contributed by atoms with van der Waals surface area (Å²) >= 11 is 0. The number of anilines is 1. The molecule has 0 radical (unpaired) electrons. The minimum atomic E-state index is -3.62. The topological polar surface area (TPSA) is 71.1 Å². The van der Waals surface area contributed by atoms with Gasteiger partial charge in [-0.3, -0.25) is 4.90 Å². The van der Waals surface area contributed by atoms with Crippen LogP contribution in [0, 0.1) is 0 Å². The predicted molar refractivity (Wildman–Crippen MR) is 114 cm³/mol. The van der Waals surface area contributed by atoms with Crippen LogP contribution >= 0.6 is 0 Å². The third-order valence-corrected chi connectivity index (χ3v) is 6.56. The van der Waals surface area contributed by atoms with Gasteiger partial charge in [-0.1, -0.05) is 12.1 Å². The maximum atomic E-state index is 12.8. The molecule has 0 spiro atoms. The number of rotatable bonds is 8. The van der Waals surface area contributed by atoms with Crippen LogP contribution in [-0.4, -0.2) is 67.4 Å². The molecule has 1 aliphatic heterocycles. The van der Waals surface area contributed by atoms with Crippen molar-refractivity contribution in [3.63, 3.8) is 0 Å². The molecule has 1 fully saturated rings. The Morgan fingerprint density at radius 3 is 2.24 bits per heavy atom. The van der Waals surface area contributed by atoms with Crippen LogP contribution in [0.5, 0.6) is 5.75 Å². The predicted octanol–water partition coefficient (Wildman–Crippen LogP) is 2.11. The third-order valence-electron chi connectivity index (χ3n) is 5.12. The molecule has 1 aliphatic rings. The first-order valence-electron chi connectivity index (χ1n) is 9.63. The van der Waals surface area contributed by atoms with Crippen LogP contribution < -0.4 is 14.4 Å². The van der Waals surface area contributed by atoms with Crippen LogP contribution in [0.25, 0.3) is 0 Å². The molecule has 158 valence electrons. The van der Waals surface area contributed by atoms with E-state index < -0.39 is 10.0 Å². The number of morpholine rings is 1. The van der Waals surface area contributed by atoms with E-state index in [4.69, 9.17) is 9.47 Å². The van der Waals surface area contributed by atoms with E-state index in [0.717, 1.165) is 24.3 Å². The third kappa shape index (κ3) is 5.48. The average molecular weight is 420 g/mol. The largest absolute Gasteiger partial charge is 0.497 e. The molecular formula is C21H29N3O4S. The zero-order valence-electron chi connectivity index (χ0n) is 17.2. The summed E-state index contributed by atoms with van der Waals surface area (Å²) in [6, 6.07) is 14.6. The number of nitrogens with one attached hydrogen (secondary N) is 1. The summed E-state index contributed by atoms with van der Waals surface area (Å²) in [5.74, 6) is 0.621. The Balaban J connectivity index is 1.78. The summed E-state index contributed by atoms with van der Waals surface area (Å²) < 4.78 is 38.9. The van der Waals surface area contributed by atoms with Crippen LogP contribution in [0.15, 0.2) is 53.4 Å². The van der Waals surface area contributed by atoms with Crippen molar-refractivity contribution < 1.29 is 17.9 Å². The highest BCUT2D eigenvalue weighted by molar-refractivity contribution is 7.89. The molecule has 29 heavy (non-hydrogen) atoms. The van der Waals surface area contributed by atoms with E-state index in [1.165, 1.54) is 0 Å². The maximum absolute atomic E-state index is 12.8. The first kappa shape index (κ1) is 21.6. The van der Waals surface area contributed by atoms with Gasteiger partial charge in [-0.25, -0.2) is 13.1 Å². The minimum Gasteiger partial charge on any atom is -0.497 e. The Labute approximate surface area is 173 Å². The molecule has 0 amide bonds. The fourth-order valence-electron chi connectivity index (χ4n) is 3.37. The SMILES string of the molecule is COc1ccc(S(=O)(=O)NC[C@@H](c2ccc(N(C)C)cc2)N2CCOCC2)cc1. The van der Waals surface area contributed by atoms with Crippen molar-refractivity contribution in [2.24, 2.45) is 0 Å². The first-order chi connectivity index (χ1) is 13.9. The monoisotopic (exact) mass is 419 g/mol. The lowest BCUT2D eigenvalue weighted by Gasteiger charge is -2.35. The zero-order valence-corrected chi connectivity index (χ0v) is 18.0. The molecular weight excluding hydrogens is 390 g/mol. The molecule has 2 aromatic carbocycles. The molecule has 7 nitrogen and oxygen atoms in total. The number of nitrogens with zero attached hydrogens (tertiary/aromatic N) is 2. The van der Waals surface area contributed by atoms with E-state index >= 15 is 0 Å². The second kappa shape index (κ2) is 9.58. The molecule has 1 heterocycles. The van der Waals surface area contributed by atoms with Gasteiger partial charge in [0.05, 0.1) is 25.2 Å². The number of methoxy groups -OCH3 is 1. The summed E-state index contributed by atoms with van der Waals surface area (Å²) in [5.41, 5.74) is 2.18. The van der Waals surface area contributed by atoms with E-state index in [-0.39, 0.29) is 17.5 Å². The molecule has 0 aliphatic carbocycles. The van der Waals surface area contributed by atoms with Crippen LogP contribution in [0.1, 0.15) is 11.6 Å². The van der Waals surface area contributed by atoms with Gasteiger partial charge in [-0.15, -0.1) is 0 Å². The Kier molecular flexibility index (Phi) is 7.13. The Hall–Kier alpha value is -2.13. The summed E-state index contributed by atoms with van der Waals surface area (Å²) in [6.07, 6.45) is 0. The van der Waals surface area contributed by atoms with Gasteiger partial charge in [0.15, 0.2) is 0 Å². The summed E-state index contributed by atoms with van der Waals surface area (Å²) in [7, 11) is 1.93. The van der Waals surface area contributed by atoms with Crippen molar-refractivity contribution in [3.8, 4) is 5.75 Å². The highest BCUT2D eigenvalue weighted by Crippen LogP contribution is 2.24. The molecule has 2 aromatic rings. The van der Waals surface area contributed by atoms with Gasteiger partial charge in [-0.2, -0.15) is 0 Å². The lowest BCUT2D eigenvalue weighted by atomic mass is 10.0. The van der Waals surface area contributed by atoms with E-state index in [1.807, 2.05) is 19.0 Å². The Morgan fingerprint density at radius 1 is 1.07 bits per heavy atom. The fraction of sp³-hybridized carbons (Fsp3) is 0.429.